The first-order valence-corrected chi connectivity index (χ1v) is 6.57. The van der Waals surface area contributed by atoms with Crippen molar-refractivity contribution in [2.75, 3.05) is 13.7 Å². The van der Waals surface area contributed by atoms with Crippen LogP contribution in [0.25, 0.3) is 22.5 Å². The molecule has 0 amide bonds. The standard InChI is InChI=1S/C14H17N5O2/c1-14(15,8-20-3)13-16-12(21-18-13)11-9-6-4-5-7-10(9)19(2)17-11/h4-7H,8,15H2,1-3H3. The Kier molecular flexibility index (Phi) is 3.23. The molecule has 0 bridgehead atoms. The van der Waals surface area contributed by atoms with Gasteiger partial charge in [-0.2, -0.15) is 10.1 Å². The molecule has 1 atom stereocenters. The van der Waals surface area contributed by atoms with Gasteiger partial charge in [-0.05, 0) is 13.0 Å². The molecule has 110 valence electrons. The molecule has 7 nitrogen and oxygen atoms in total. The van der Waals surface area contributed by atoms with Crippen molar-refractivity contribution in [3.05, 3.63) is 30.1 Å². The molecule has 0 spiro atoms. The summed E-state index contributed by atoms with van der Waals surface area (Å²) >= 11 is 0. The number of benzene rings is 1. The molecule has 0 saturated carbocycles. The van der Waals surface area contributed by atoms with E-state index in [0.29, 0.717) is 24.0 Å². The molecule has 1 aromatic carbocycles. The summed E-state index contributed by atoms with van der Waals surface area (Å²) in [4.78, 5) is 4.38. The van der Waals surface area contributed by atoms with Crippen molar-refractivity contribution < 1.29 is 9.26 Å². The third-order valence-electron chi connectivity index (χ3n) is 3.34. The number of aryl methyl sites for hydroxylation is 1. The van der Waals surface area contributed by atoms with Gasteiger partial charge in [-0.1, -0.05) is 23.4 Å². The van der Waals surface area contributed by atoms with Crippen LogP contribution in [0.5, 0.6) is 0 Å². The van der Waals surface area contributed by atoms with Crippen molar-refractivity contribution in [3.8, 4) is 11.6 Å². The van der Waals surface area contributed by atoms with Crippen LogP contribution >= 0.6 is 0 Å². The fourth-order valence-electron chi connectivity index (χ4n) is 2.29. The summed E-state index contributed by atoms with van der Waals surface area (Å²) in [5, 5.41) is 9.37. The largest absolute Gasteiger partial charge is 0.382 e. The fourth-order valence-corrected chi connectivity index (χ4v) is 2.29. The van der Waals surface area contributed by atoms with Crippen LogP contribution in [-0.4, -0.2) is 33.6 Å². The van der Waals surface area contributed by atoms with Crippen LogP contribution in [0.1, 0.15) is 12.7 Å². The van der Waals surface area contributed by atoms with Crippen LogP contribution in [0.4, 0.5) is 0 Å². The predicted molar refractivity (Wildman–Crippen MR) is 77.4 cm³/mol. The molecule has 0 aliphatic heterocycles. The van der Waals surface area contributed by atoms with Gasteiger partial charge in [-0.25, -0.2) is 0 Å². The maximum Gasteiger partial charge on any atom is 0.279 e. The molecule has 0 radical (unpaired) electrons. The highest BCUT2D eigenvalue weighted by atomic mass is 16.5. The molecule has 0 aliphatic carbocycles. The normalized spacial score (nSPS) is 14.5. The summed E-state index contributed by atoms with van der Waals surface area (Å²) in [6.45, 7) is 2.09. The molecular formula is C14H17N5O2. The van der Waals surface area contributed by atoms with Crippen molar-refractivity contribution in [2.45, 2.75) is 12.5 Å². The molecular weight excluding hydrogens is 270 g/mol. The van der Waals surface area contributed by atoms with Crippen molar-refractivity contribution in [1.82, 2.24) is 19.9 Å². The average Bonchev–Trinajstić information content (AvgIpc) is 3.05. The monoisotopic (exact) mass is 287 g/mol. The quantitative estimate of drug-likeness (QED) is 0.780. The Morgan fingerprint density at radius 3 is 2.90 bits per heavy atom. The number of aromatic nitrogens is 4. The third-order valence-corrected chi connectivity index (χ3v) is 3.34. The number of rotatable bonds is 4. The van der Waals surface area contributed by atoms with Gasteiger partial charge in [0.25, 0.3) is 5.89 Å². The molecule has 0 saturated heterocycles. The second kappa shape index (κ2) is 4.94. The number of methoxy groups -OCH3 is 1. The van der Waals surface area contributed by atoms with Gasteiger partial charge in [-0.15, -0.1) is 0 Å². The fraction of sp³-hybridized carbons (Fsp3) is 0.357. The first-order valence-electron chi connectivity index (χ1n) is 6.57. The lowest BCUT2D eigenvalue weighted by Gasteiger charge is -2.18. The van der Waals surface area contributed by atoms with Gasteiger partial charge < -0.3 is 15.0 Å². The summed E-state index contributed by atoms with van der Waals surface area (Å²) in [5.74, 6) is 0.753. The Morgan fingerprint density at radius 1 is 1.38 bits per heavy atom. The number of hydrogen-bond donors (Lipinski definition) is 1. The van der Waals surface area contributed by atoms with E-state index in [0.717, 1.165) is 10.9 Å². The highest BCUT2D eigenvalue weighted by Gasteiger charge is 2.28. The van der Waals surface area contributed by atoms with E-state index in [1.54, 1.807) is 18.7 Å². The van der Waals surface area contributed by atoms with E-state index >= 15 is 0 Å². The van der Waals surface area contributed by atoms with Gasteiger partial charge in [0.05, 0.1) is 12.1 Å². The van der Waals surface area contributed by atoms with Crippen LogP contribution in [0, 0.1) is 0 Å². The molecule has 3 rings (SSSR count). The summed E-state index contributed by atoms with van der Waals surface area (Å²) in [6.07, 6.45) is 0. The number of nitrogens with two attached hydrogens (primary N) is 1. The number of para-hydroxylation sites is 1. The Hall–Kier alpha value is -2.25. The van der Waals surface area contributed by atoms with Crippen molar-refractivity contribution >= 4 is 10.9 Å². The zero-order valence-electron chi connectivity index (χ0n) is 12.2. The summed E-state index contributed by atoms with van der Waals surface area (Å²) in [6, 6.07) is 7.87. The molecule has 1 unspecified atom stereocenters. The second-order valence-electron chi connectivity index (χ2n) is 5.26. The Bertz CT molecular complexity index is 775. The minimum absolute atomic E-state index is 0.301. The predicted octanol–water partition coefficient (Wildman–Crippen LogP) is 1.44. The van der Waals surface area contributed by atoms with Crippen LogP contribution in [0.3, 0.4) is 0 Å². The van der Waals surface area contributed by atoms with Crippen LogP contribution in [0.2, 0.25) is 0 Å². The van der Waals surface area contributed by atoms with E-state index in [1.807, 2.05) is 31.3 Å². The number of hydrogen-bond acceptors (Lipinski definition) is 6. The smallest absolute Gasteiger partial charge is 0.279 e. The Morgan fingerprint density at radius 2 is 2.14 bits per heavy atom. The summed E-state index contributed by atoms with van der Waals surface area (Å²) < 4.78 is 12.2. The van der Waals surface area contributed by atoms with Crippen LogP contribution in [-0.2, 0) is 17.3 Å². The van der Waals surface area contributed by atoms with Gasteiger partial charge in [0.15, 0.2) is 11.5 Å². The molecule has 7 heteroatoms. The second-order valence-corrected chi connectivity index (χ2v) is 5.26. The van der Waals surface area contributed by atoms with E-state index in [-0.39, 0.29) is 0 Å². The Labute approximate surface area is 121 Å². The van der Waals surface area contributed by atoms with Crippen LogP contribution in [0.15, 0.2) is 28.8 Å². The number of nitrogens with zero attached hydrogens (tertiary/aromatic N) is 4. The highest BCUT2D eigenvalue weighted by molar-refractivity contribution is 5.91. The molecule has 2 N–H and O–H groups in total. The van der Waals surface area contributed by atoms with E-state index in [2.05, 4.69) is 15.2 Å². The minimum atomic E-state index is -0.804. The molecule has 2 aromatic heterocycles. The van der Waals surface area contributed by atoms with E-state index in [9.17, 15) is 0 Å². The van der Waals surface area contributed by atoms with Crippen molar-refractivity contribution in [3.63, 3.8) is 0 Å². The third kappa shape index (κ3) is 2.30. The lowest BCUT2D eigenvalue weighted by molar-refractivity contribution is 0.135. The lowest BCUT2D eigenvalue weighted by atomic mass is 10.1. The van der Waals surface area contributed by atoms with E-state index < -0.39 is 5.54 Å². The first-order chi connectivity index (χ1) is 10.0. The van der Waals surface area contributed by atoms with Crippen molar-refractivity contribution in [1.29, 1.82) is 0 Å². The molecule has 2 heterocycles. The lowest BCUT2D eigenvalue weighted by Crippen LogP contribution is -2.38. The minimum Gasteiger partial charge on any atom is -0.382 e. The van der Waals surface area contributed by atoms with Crippen LogP contribution < -0.4 is 5.73 Å². The van der Waals surface area contributed by atoms with E-state index in [1.165, 1.54) is 0 Å². The molecule has 0 fully saturated rings. The number of ether oxygens (including phenoxy) is 1. The topological polar surface area (TPSA) is 92.0 Å². The zero-order chi connectivity index (χ0) is 15.0. The maximum absolute atomic E-state index is 6.12. The highest BCUT2D eigenvalue weighted by Crippen LogP contribution is 2.27. The molecule has 0 aliphatic rings. The first kappa shape index (κ1) is 13.7. The average molecular weight is 287 g/mol. The van der Waals surface area contributed by atoms with Crippen molar-refractivity contribution in [2.24, 2.45) is 12.8 Å². The van der Waals surface area contributed by atoms with Gasteiger partial charge in [-0.3, -0.25) is 4.68 Å². The van der Waals surface area contributed by atoms with Gasteiger partial charge in [0.1, 0.15) is 5.54 Å². The summed E-state index contributed by atoms with van der Waals surface area (Å²) in [5.41, 5.74) is 6.97. The zero-order valence-corrected chi connectivity index (χ0v) is 12.2. The van der Waals surface area contributed by atoms with Gasteiger partial charge in [0.2, 0.25) is 0 Å². The summed E-state index contributed by atoms with van der Waals surface area (Å²) in [7, 11) is 3.46. The number of fused-ring (bicyclic) bond motifs is 1. The maximum atomic E-state index is 6.12. The Balaban J connectivity index is 2.07. The SMILES string of the molecule is COCC(C)(N)c1noc(-c2nn(C)c3ccccc23)n1. The molecule has 3 aromatic rings. The van der Waals surface area contributed by atoms with E-state index in [4.69, 9.17) is 15.0 Å². The van der Waals surface area contributed by atoms with Gasteiger partial charge >= 0.3 is 0 Å². The van der Waals surface area contributed by atoms with Gasteiger partial charge in [0, 0.05) is 19.5 Å². The molecule has 21 heavy (non-hydrogen) atoms.